The van der Waals surface area contributed by atoms with E-state index in [-0.39, 0.29) is 11.2 Å². The molecule has 0 atom stereocenters. The van der Waals surface area contributed by atoms with Gasteiger partial charge < -0.3 is 10.3 Å². The average Bonchev–Trinajstić information content (AvgIpc) is 2.59. The summed E-state index contributed by atoms with van der Waals surface area (Å²) in [6.45, 7) is 0. The summed E-state index contributed by atoms with van der Waals surface area (Å²) in [6, 6.07) is 11.9. The van der Waals surface area contributed by atoms with Crippen molar-refractivity contribution in [2.24, 2.45) is 0 Å². The summed E-state index contributed by atoms with van der Waals surface area (Å²) in [5.74, 6) is 0.388. The standard InChI is InChI=1S/C17H14N4O3/c1-18-14-8-6-11(10-15(14)21(23)24)7-9-16-19-13-5-3-2-4-12(13)17(22)20-16/h2-10,18H,1H3,(H,19,20,22)/b9-7+. The maximum absolute atomic E-state index is 12.0. The Morgan fingerprint density at radius 2 is 2.00 bits per heavy atom. The number of H-pyrrole nitrogens is 1. The van der Waals surface area contributed by atoms with Crippen molar-refractivity contribution in [3.63, 3.8) is 0 Å². The summed E-state index contributed by atoms with van der Waals surface area (Å²) in [7, 11) is 1.63. The molecular formula is C17H14N4O3. The van der Waals surface area contributed by atoms with Gasteiger partial charge in [-0.2, -0.15) is 0 Å². The van der Waals surface area contributed by atoms with Gasteiger partial charge in [0.25, 0.3) is 11.2 Å². The Bertz CT molecular complexity index is 1010. The van der Waals surface area contributed by atoms with Crippen molar-refractivity contribution in [1.29, 1.82) is 0 Å². The van der Waals surface area contributed by atoms with Crippen LogP contribution in [-0.2, 0) is 0 Å². The Morgan fingerprint density at radius 1 is 1.21 bits per heavy atom. The first-order chi connectivity index (χ1) is 11.6. The van der Waals surface area contributed by atoms with E-state index in [0.29, 0.717) is 28.0 Å². The van der Waals surface area contributed by atoms with Crippen molar-refractivity contribution < 1.29 is 4.92 Å². The number of nitro groups is 1. The molecule has 1 aromatic heterocycles. The quantitative estimate of drug-likeness (QED) is 0.568. The monoisotopic (exact) mass is 322 g/mol. The summed E-state index contributed by atoms with van der Waals surface area (Å²) in [6.07, 6.45) is 3.28. The molecule has 7 nitrogen and oxygen atoms in total. The molecule has 0 aliphatic carbocycles. The maximum atomic E-state index is 12.0. The molecule has 0 spiro atoms. The molecule has 0 aliphatic rings. The number of anilines is 1. The number of rotatable bonds is 4. The number of aromatic nitrogens is 2. The van der Waals surface area contributed by atoms with Crippen LogP contribution in [0.4, 0.5) is 11.4 Å². The summed E-state index contributed by atoms with van der Waals surface area (Å²) in [5, 5.41) is 14.4. The van der Waals surface area contributed by atoms with E-state index < -0.39 is 4.92 Å². The van der Waals surface area contributed by atoms with Crippen molar-refractivity contribution in [3.8, 4) is 0 Å². The molecule has 0 unspecified atom stereocenters. The maximum Gasteiger partial charge on any atom is 0.292 e. The third-order valence-electron chi connectivity index (χ3n) is 3.55. The van der Waals surface area contributed by atoms with E-state index in [1.807, 2.05) is 6.07 Å². The number of fused-ring (bicyclic) bond motifs is 1. The van der Waals surface area contributed by atoms with E-state index in [2.05, 4.69) is 15.3 Å². The minimum Gasteiger partial charge on any atom is -0.383 e. The fraction of sp³-hybridized carbons (Fsp3) is 0.0588. The van der Waals surface area contributed by atoms with Gasteiger partial charge in [-0.05, 0) is 29.8 Å². The second-order valence-electron chi connectivity index (χ2n) is 5.09. The Balaban J connectivity index is 1.98. The first-order valence-electron chi connectivity index (χ1n) is 7.22. The van der Waals surface area contributed by atoms with E-state index in [9.17, 15) is 14.9 Å². The minimum atomic E-state index is -0.445. The molecule has 7 heteroatoms. The van der Waals surface area contributed by atoms with Gasteiger partial charge in [0.05, 0.1) is 15.8 Å². The molecule has 3 rings (SSSR count). The number of nitrogens with one attached hydrogen (secondary N) is 2. The number of hydrogen-bond acceptors (Lipinski definition) is 5. The number of benzene rings is 2. The third kappa shape index (κ3) is 3.00. The molecule has 120 valence electrons. The average molecular weight is 322 g/mol. The molecule has 0 bridgehead atoms. The van der Waals surface area contributed by atoms with Gasteiger partial charge in [-0.3, -0.25) is 14.9 Å². The van der Waals surface area contributed by atoms with Gasteiger partial charge in [-0.25, -0.2) is 4.98 Å². The molecule has 0 aliphatic heterocycles. The van der Waals surface area contributed by atoms with Gasteiger partial charge in [0, 0.05) is 13.1 Å². The van der Waals surface area contributed by atoms with Crippen LogP contribution in [0.3, 0.4) is 0 Å². The number of nitro benzene ring substituents is 1. The van der Waals surface area contributed by atoms with Crippen molar-refractivity contribution in [2.75, 3.05) is 12.4 Å². The Morgan fingerprint density at radius 3 is 2.75 bits per heavy atom. The smallest absolute Gasteiger partial charge is 0.292 e. The zero-order valence-electron chi connectivity index (χ0n) is 12.8. The highest BCUT2D eigenvalue weighted by Crippen LogP contribution is 2.25. The van der Waals surface area contributed by atoms with Crippen LogP contribution in [-0.4, -0.2) is 21.9 Å². The summed E-state index contributed by atoms with van der Waals surface area (Å²) in [5.41, 5.74) is 1.43. The van der Waals surface area contributed by atoms with Crippen LogP contribution in [0.2, 0.25) is 0 Å². The molecule has 2 N–H and O–H groups in total. The fourth-order valence-corrected chi connectivity index (χ4v) is 2.37. The highest BCUT2D eigenvalue weighted by molar-refractivity contribution is 5.79. The van der Waals surface area contributed by atoms with Crippen LogP contribution in [0, 0.1) is 10.1 Å². The van der Waals surface area contributed by atoms with E-state index in [0.717, 1.165) is 0 Å². The van der Waals surface area contributed by atoms with Crippen LogP contribution in [0.25, 0.3) is 23.1 Å². The SMILES string of the molecule is CNc1ccc(/C=C/c2nc3ccccc3c(=O)[nH]2)cc1[N+](=O)[O-]. The van der Waals surface area contributed by atoms with Crippen molar-refractivity contribution in [3.05, 3.63) is 74.3 Å². The van der Waals surface area contributed by atoms with Crippen molar-refractivity contribution in [2.45, 2.75) is 0 Å². The number of hydrogen-bond donors (Lipinski definition) is 2. The molecule has 0 amide bonds. The van der Waals surface area contributed by atoms with Crippen LogP contribution < -0.4 is 10.9 Å². The molecular weight excluding hydrogens is 308 g/mol. The normalized spacial score (nSPS) is 11.0. The van der Waals surface area contributed by atoms with E-state index in [1.165, 1.54) is 6.07 Å². The highest BCUT2D eigenvalue weighted by Gasteiger charge is 2.12. The van der Waals surface area contributed by atoms with Crippen LogP contribution in [0.5, 0.6) is 0 Å². The molecule has 1 heterocycles. The molecule has 0 saturated carbocycles. The van der Waals surface area contributed by atoms with E-state index >= 15 is 0 Å². The van der Waals surface area contributed by atoms with Gasteiger partial charge in [0.15, 0.2) is 0 Å². The first kappa shape index (κ1) is 15.4. The first-order valence-corrected chi connectivity index (χ1v) is 7.22. The predicted molar refractivity (Wildman–Crippen MR) is 93.9 cm³/mol. The minimum absolute atomic E-state index is 0.0142. The van der Waals surface area contributed by atoms with Crippen LogP contribution in [0.15, 0.2) is 47.3 Å². The molecule has 24 heavy (non-hydrogen) atoms. The zero-order valence-corrected chi connectivity index (χ0v) is 12.8. The lowest BCUT2D eigenvalue weighted by atomic mass is 10.1. The molecule has 0 radical (unpaired) electrons. The number of nitrogens with zero attached hydrogens (tertiary/aromatic N) is 2. The number of aromatic amines is 1. The van der Waals surface area contributed by atoms with Crippen molar-refractivity contribution in [1.82, 2.24) is 9.97 Å². The van der Waals surface area contributed by atoms with Gasteiger partial charge in [0.1, 0.15) is 11.5 Å². The van der Waals surface area contributed by atoms with Crippen LogP contribution >= 0.6 is 0 Å². The van der Waals surface area contributed by atoms with E-state index in [4.69, 9.17) is 0 Å². The lowest BCUT2D eigenvalue weighted by Gasteiger charge is -2.03. The summed E-state index contributed by atoms with van der Waals surface area (Å²) >= 11 is 0. The van der Waals surface area contributed by atoms with Gasteiger partial charge in [-0.1, -0.05) is 24.3 Å². The van der Waals surface area contributed by atoms with Gasteiger partial charge >= 0.3 is 0 Å². The predicted octanol–water partition coefficient (Wildman–Crippen LogP) is 3.04. The van der Waals surface area contributed by atoms with Crippen molar-refractivity contribution >= 4 is 34.4 Å². The number of para-hydroxylation sites is 1. The fourth-order valence-electron chi connectivity index (χ4n) is 2.37. The molecule has 0 saturated heterocycles. The van der Waals surface area contributed by atoms with Gasteiger partial charge in [-0.15, -0.1) is 0 Å². The lowest BCUT2D eigenvalue weighted by Crippen LogP contribution is -2.09. The summed E-state index contributed by atoms with van der Waals surface area (Å²) < 4.78 is 0. The van der Waals surface area contributed by atoms with Gasteiger partial charge in [0.2, 0.25) is 0 Å². The zero-order chi connectivity index (χ0) is 17.1. The Hall–Kier alpha value is -3.48. The molecule has 3 aromatic rings. The Labute approximate surface area is 136 Å². The second kappa shape index (κ2) is 6.33. The largest absolute Gasteiger partial charge is 0.383 e. The highest BCUT2D eigenvalue weighted by atomic mass is 16.6. The second-order valence-corrected chi connectivity index (χ2v) is 5.09. The van der Waals surface area contributed by atoms with E-state index in [1.54, 1.807) is 49.5 Å². The topological polar surface area (TPSA) is 101 Å². The third-order valence-corrected chi connectivity index (χ3v) is 3.55. The lowest BCUT2D eigenvalue weighted by molar-refractivity contribution is -0.383. The Kier molecular flexibility index (Phi) is 4.07. The molecule has 0 fully saturated rings. The molecule has 2 aromatic carbocycles. The van der Waals surface area contributed by atoms with Crippen LogP contribution in [0.1, 0.15) is 11.4 Å². The summed E-state index contributed by atoms with van der Waals surface area (Å²) in [4.78, 5) is 29.7.